The predicted octanol–water partition coefficient (Wildman–Crippen LogP) is 1.94. The van der Waals surface area contributed by atoms with Gasteiger partial charge in [-0.3, -0.25) is 4.79 Å². The lowest BCUT2D eigenvalue weighted by Crippen LogP contribution is -2.33. The molecular weight excluding hydrogens is 350 g/mol. The Morgan fingerprint density at radius 3 is 2.89 bits per heavy atom. The quantitative estimate of drug-likeness (QED) is 0.698. The van der Waals surface area contributed by atoms with E-state index >= 15 is 0 Å². The van der Waals surface area contributed by atoms with Crippen LogP contribution in [0.1, 0.15) is 17.9 Å². The SMILES string of the molecule is COc1ccc(-c2noc(CN3c4ccccc4CC3CC(=O)O)n2)nn1. The molecule has 1 unspecified atom stereocenters. The maximum Gasteiger partial charge on any atom is 0.305 e. The number of carbonyl (C=O) groups is 1. The number of nitrogens with zero attached hydrogens (tertiary/aromatic N) is 5. The van der Waals surface area contributed by atoms with Gasteiger partial charge in [0.05, 0.1) is 20.1 Å². The molecule has 0 amide bonds. The van der Waals surface area contributed by atoms with E-state index in [1.807, 2.05) is 29.2 Å². The Hall–Kier alpha value is -3.49. The first-order chi connectivity index (χ1) is 13.1. The van der Waals surface area contributed by atoms with E-state index in [-0.39, 0.29) is 12.5 Å². The van der Waals surface area contributed by atoms with Crippen LogP contribution in [-0.2, 0) is 17.8 Å². The molecular formula is C18H17N5O4. The van der Waals surface area contributed by atoms with Gasteiger partial charge in [0.2, 0.25) is 17.6 Å². The van der Waals surface area contributed by atoms with Crippen molar-refractivity contribution in [1.82, 2.24) is 20.3 Å². The highest BCUT2D eigenvalue weighted by atomic mass is 16.5. The molecule has 27 heavy (non-hydrogen) atoms. The van der Waals surface area contributed by atoms with Crippen LogP contribution in [0.2, 0.25) is 0 Å². The lowest BCUT2D eigenvalue weighted by molar-refractivity contribution is -0.137. The minimum absolute atomic E-state index is 0.0413. The van der Waals surface area contributed by atoms with Crippen LogP contribution in [0.15, 0.2) is 40.9 Å². The number of rotatable bonds is 6. The molecule has 9 heteroatoms. The molecule has 1 aromatic carbocycles. The van der Waals surface area contributed by atoms with Crippen LogP contribution in [0, 0.1) is 0 Å². The zero-order valence-corrected chi connectivity index (χ0v) is 14.6. The normalized spacial score (nSPS) is 15.6. The Morgan fingerprint density at radius 1 is 1.30 bits per heavy atom. The van der Waals surface area contributed by atoms with Gasteiger partial charge in [-0.15, -0.1) is 10.2 Å². The van der Waals surface area contributed by atoms with E-state index in [0.29, 0.717) is 36.3 Å². The maximum absolute atomic E-state index is 11.2. The first-order valence-corrected chi connectivity index (χ1v) is 8.41. The summed E-state index contributed by atoms with van der Waals surface area (Å²) in [5.41, 5.74) is 2.58. The molecule has 0 fully saturated rings. The monoisotopic (exact) mass is 367 g/mol. The van der Waals surface area contributed by atoms with Crippen molar-refractivity contribution < 1.29 is 19.2 Å². The van der Waals surface area contributed by atoms with Crippen LogP contribution >= 0.6 is 0 Å². The molecule has 3 aromatic rings. The van der Waals surface area contributed by atoms with Crippen LogP contribution in [0.5, 0.6) is 5.88 Å². The summed E-state index contributed by atoms with van der Waals surface area (Å²) in [6, 6.07) is 11.1. The van der Waals surface area contributed by atoms with Crippen molar-refractivity contribution in [2.75, 3.05) is 12.0 Å². The van der Waals surface area contributed by atoms with Gasteiger partial charge in [0.25, 0.3) is 0 Å². The van der Waals surface area contributed by atoms with Crippen molar-refractivity contribution in [2.24, 2.45) is 0 Å². The number of hydrogen-bond donors (Lipinski definition) is 1. The third kappa shape index (κ3) is 3.43. The van der Waals surface area contributed by atoms with Crippen LogP contribution in [-0.4, -0.2) is 44.6 Å². The fraction of sp³-hybridized carbons (Fsp3) is 0.278. The number of para-hydroxylation sites is 1. The predicted molar refractivity (Wildman–Crippen MR) is 94.2 cm³/mol. The fourth-order valence-corrected chi connectivity index (χ4v) is 3.24. The summed E-state index contributed by atoms with van der Waals surface area (Å²) < 4.78 is 10.3. The molecule has 0 aliphatic carbocycles. The van der Waals surface area contributed by atoms with Crippen molar-refractivity contribution >= 4 is 11.7 Å². The summed E-state index contributed by atoms with van der Waals surface area (Å²) in [6.45, 7) is 0.325. The van der Waals surface area contributed by atoms with E-state index < -0.39 is 5.97 Å². The lowest BCUT2D eigenvalue weighted by Gasteiger charge is -2.24. The van der Waals surface area contributed by atoms with E-state index in [9.17, 15) is 9.90 Å². The van der Waals surface area contributed by atoms with E-state index in [4.69, 9.17) is 9.26 Å². The molecule has 4 rings (SSSR count). The molecule has 1 N–H and O–H groups in total. The third-order valence-electron chi connectivity index (χ3n) is 4.46. The number of hydrogen-bond acceptors (Lipinski definition) is 8. The van der Waals surface area contributed by atoms with Crippen LogP contribution in [0.3, 0.4) is 0 Å². The molecule has 0 bridgehead atoms. The average Bonchev–Trinajstić information content (AvgIpc) is 3.27. The molecule has 138 valence electrons. The Labute approximate surface area is 154 Å². The summed E-state index contributed by atoms with van der Waals surface area (Å²) in [6.07, 6.45) is 0.715. The Bertz CT molecular complexity index is 956. The summed E-state index contributed by atoms with van der Waals surface area (Å²) in [5, 5.41) is 21.1. The third-order valence-corrected chi connectivity index (χ3v) is 4.46. The second kappa shape index (κ2) is 7.02. The lowest BCUT2D eigenvalue weighted by atomic mass is 10.1. The van der Waals surface area contributed by atoms with E-state index in [1.54, 1.807) is 12.1 Å². The zero-order chi connectivity index (χ0) is 18.8. The van der Waals surface area contributed by atoms with E-state index in [1.165, 1.54) is 7.11 Å². The molecule has 1 atom stereocenters. The second-order valence-electron chi connectivity index (χ2n) is 6.19. The van der Waals surface area contributed by atoms with Gasteiger partial charge in [-0.25, -0.2) is 0 Å². The largest absolute Gasteiger partial charge is 0.481 e. The smallest absolute Gasteiger partial charge is 0.305 e. The van der Waals surface area contributed by atoms with Crippen molar-refractivity contribution in [3.63, 3.8) is 0 Å². The summed E-state index contributed by atoms with van der Waals surface area (Å²) in [5.74, 6) is 0.266. The van der Waals surface area contributed by atoms with Gasteiger partial charge in [0, 0.05) is 17.8 Å². The van der Waals surface area contributed by atoms with Gasteiger partial charge >= 0.3 is 5.97 Å². The average molecular weight is 367 g/mol. The molecule has 0 saturated carbocycles. The highest BCUT2D eigenvalue weighted by molar-refractivity contribution is 5.70. The minimum Gasteiger partial charge on any atom is -0.481 e. The zero-order valence-electron chi connectivity index (χ0n) is 14.6. The van der Waals surface area contributed by atoms with Gasteiger partial charge in [0.1, 0.15) is 5.69 Å². The van der Waals surface area contributed by atoms with Gasteiger partial charge in [0.15, 0.2) is 0 Å². The summed E-state index contributed by atoms with van der Waals surface area (Å²) in [7, 11) is 1.51. The number of ether oxygens (including phenoxy) is 1. The van der Waals surface area contributed by atoms with Crippen molar-refractivity contribution in [2.45, 2.75) is 25.4 Å². The number of aliphatic carboxylic acids is 1. The van der Waals surface area contributed by atoms with Gasteiger partial charge in [-0.2, -0.15) is 4.98 Å². The van der Waals surface area contributed by atoms with Gasteiger partial charge in [-0.1, -0.05) is 23.4 Å². The Morgan fingerprint density at radius 2 is 2.15 bits per heavy atom. The highest BCUT2D eigenvalue weighted by Gasteiger charge is 2.31. The molecule has 3 heterocycles. The first kappa shape index (κ1) is 17.0. The fourth-order valence-electron chi connectivity index (χ4n) is 3.24. The number of methoxy groups -OCH3 is 1. The number of carboxylic acids is 1. The van der Waals surface area contributed by atoms with Gasteiger partial charge in [-0.05, 0) is 24.1 Å². The van der Waals surface area contributed by atoms with E-state index in [0.717, 1.165) is 11.3 Å². The van der Waals surface area contributed by atoms with E-state index in [2.05, 4.69) is 20.3 Å². The minimum atomic E-state index is -0.836. The molecule has 0 saturated heterocycles. The molecule has 2 aromatic heterocycles. The molecule has 0 radical (unpaired) electrons. The Balaban J connectivity index is 1.57. The van der Waals surface area contributed by atoms with Crippen molar-refractivity contribution in [1.29, 1.82) is 0 Å². The van der Waals surface area contributed by atoms with Gasteiger partial charge < -0.3 is 19.3 Å². The number of fused-ring (bicyclic) bond motifs is 1. The standard InChI is InChI=1S/C18H17N5O4/c1-26-15-7-6-13(20-21-15)18-19-16(27-22-18)10-23-12(9-17(24)25)8-11-4-2-3-5-14(11)23/h2-7,12H,8-10H2,1H3,(H,24,25). The topological polar surface area (TPSA) is 114 Å². The van der Waals surface area contributed by atoms with Crippen LogP contribution in [0.4, 0.5) is 5.69 Å². The highest BCUT2D eigenvalue weighted by Crippen LogP contribution is 2.34. The number of aromatic nitrogens is 4. The Kier molecular flexibility index (Phi) is 4.41. The van der Waals surface area contributed by atoms with Crippen molar-refractivity contribution in [3.05, 3.63) is 47.9 Å². The molecule has 1 aliphatic heterocycles. The molecule has 9 nitrogen and oxygen atoms in total. The van der Waals surface area contributed by atoms with Crippen molar-refractivity contribution in [3.8, 4) is 17.4 Å². The second-order valence-corrected chi connectivity index (χ2v) is 6.19. The number of benzene rings is 1. The number of carboxylic acid groups (broad SMARTS) is 1. The summed E-state index contributed by atoms with van der Waals surface area (Å²) >= 11 is 0. The molecule has 0 spiro atoms. The maximum atomic E-state index is 11.2. The molecule has 1 aliphatic rings. The van der Waals surface area contributed by atoms with Crippen LogP contribution in [0.25, 0.3) is 11.5 Å². The number of anilines is 1. The summed E-state index contributed by atoms with van der Waals surface area (Å²) in [4.78, 5) is 17.6. The first-order valence-electron chi connectivity index (χ1n) is 8.41. The van der Waals surface area contributed by atoms with Crippen LogP contribution < -0.4 is 9.64 Å².